The van der Waals surface area contributed by atoms with Crippen molar-refractivity contribution in [3.63, 3.8) is 0 Å². The van der Waals surface area contributed by atoms with E-state index in [4.69, 9.17) is 14.3 Å². The van der Waals surface area contributed by atoms with Gasteiger partial charge in [0.25, 0.3) is 0 Å². The van der Waals surface area contributed by atoms with E-state index in [2.05, 4.69) is 4.98 Å². The number of hydrogen-bond donors (Lipinski definition) is 1. The second kappa shape index (κ2) is 4.23. The van der Waals surface area contributed by atoms with E-state index in [0.717, 1.165) is 0 Å². The molecule has 78 valence electrons. The lowest BCUT2D eigenvalue weighted by Crippen LogP contribution is -1.98. The predicted molar refractivity (Wildman–Crippen MR) is 48.3 cm³/mol. The second-order valence-corrected chi connectivity index (χ2v) is 2.86. The van der Waals surface area contributed by atoms with E-state index in [-0.39, 0.29) is 11.9 Å². The zero-order valence-electron chi connectivity index (χ0n) is 8.40. The lowest BCUT2D eigenvalue weighted by Gasteiger charge is -2.01. The third-order valence-electron chi connectivity index (χ3n) is 1.94. The molecule has 0 amide bonds. The summed E-state index contributed by atoms with van der Waals surface area (Å²) in [6, 6.07) is 0. The summed E-state index contributed by atoms with van der Waals surface area (Å²) in [5, 5.41) is 8.79. The Balaban J connectivity index is 3.06. The zero-order valence-corrected chi connectivity index (χ0v) is 8.40. The summed E-state index contributed by atoms with van der Waals surface area (Å²) in [5.74, 6) is -0.878. The largest absolute Gasteiger partial charge is 0.475 e. The van der Waals surface area contributed by atoms with Crippen LogP contribution in [0.4, 0.5) is 0 Å². The van der Waals surface area contributed by atoms with Gasteiger partial charge in [-0.2, -0.15) is 0 Å². The minimum atomic E-state index is -1.09. The minimum absolute atomic E-state index is 0.0913. The highest BCUT2D eigenvalue weighted by Gasteiger charge is 2.20. The molecule has 0 fully saturated rings. The van der Waals surface area contributed by atoms with Crippen molar-refractivity contribution in [2.75, 3.05) is 7.11 Å². The van der Waals surface area contributed by atoms with Gasteiger partial charge >= 0.3 is 5.97 Å². The molecule has 1 N–H and O–H groups in total. The number of aromatic carboxylic acids is 1. The van der Waals surface area contributed by atoms with E-state index in [1.165, 1.54) is 7.11 Å². The lowest BCUT2D eigenvalue weighted by atomic mass is 10.3. The van der Waals surface area contributed by atoms with Gasteiger partial charge in [-0.3, -0.25) is 0 Å². The van der Waals surface area contributed by atoms with Crippen molar-refractivity contribution in [1.82, 2.24) is 4.98 Å². The second-order valence-electron chi connectivity index (χ2n) is 2.86. The zero-order chi connectivity index (χ0) is 10.7. The molecular formula is C9H13NO4. The minimum Gasteiger partial charge on any atom is -0.475 e. The van der Waals surface area contributed by atoms with E-state index in [9.17, 15) is 4.79 Å². The van der Waals surface area contributed by atoms with Crippen LogP contribution in [0.2, 0.25) is 0 Å². The van der Waals surface area contributed by atoms with Crippen LogP contribution in [0, 0.1) is 0 Å². The number of ether oxygens (including phenoxy) is 1. The Labute approximate surface area is 81.7 Å². The number of hydrogen-bond acceptors (Lipinski definition) is 4. The van der Waals surface area contributed by atoms with Crippen LogP contribution in [0.1, 0.15) is 42.1 Å². The van der Waals surface area contributed by atoms with Crippen molar-refractivity contribution in [2.24, 2.45) is 0 Å². The molecule has 0 saturated carbocycles. The first-order valence-electron chi connectivity index (χ1n) is 4.35. The molecule has 1 unspecified atom stereocenters. The summed E-state index contributed by atoms with van der Waals surface area (Å²) in [6.07, 6.45) is 0.204. The molecule has 0 bridgehead atoms. The normalized spacial score (nSPS) is 12.8. The summed E-state index contributed by atoms with van der Waals surface area (Å²) in [6.45, 7) is 3.57. The number of nitrogens with zero attached hydrogens (tertiary/aromatic N) is 1. The Morgan fingerprint density at radius 1 is 1.71 bits per heavy atom. The van der Waals surface area contributed by atoms with Crippen LogP contribution in [0.25, 0.3) is 0 Å². The van der Waals surface area contributed by atoms with Crippen LogP contribution in [-0.2, 0) is 11.2 Å². The maximum Gasteiger partial charge on any atom is 0.373 e. The SMILES string of the molecule is CCc1nc(C(C)OC)oc1C(=O)O. The van der Waals surface area contributed by atoms with Crippen LogP contribution >= 0.6 is 0 Å². The molecule has 0 aliphatic rings. The predicted octanol–water partition coefficient (Wildman–Crippen LogP) is 1.64. The summed E-state index contributed by atoms with van der Waals surface area (Å²) in [4.78, 5) is 14.8. The highest BCUT2D eigenvalue weighted by Crippen LogP contribution is 2.19. The average molecular weight is 199 g/mol. The molecule has 0 aromatic carbocycles. The molecule has 5 nitrogen and oxygen atoms in total. The van der Waals surface area contributed by atoms with Gasteiger partial charge < -0.3 is 14.3 Å². The summed E-state index contributed by atoms with van der Waals surface area (Å²) in [7, 11) is 1.51. The first-order chi connectivity index (χ1) is 6.60. The average Bonchev–Trinajstić information content (AvgIpc) is 2.60. The van der Waals surface area contributed by atoms with E-state index >= 15 is 0 Å². The molecule has 1 aromatic heterocycles. The van der Waals surface area contributed by atoms with E-state index in [0.29, 0.717) is 18.0 Å². The molecule has 1 atom stereocenters. The highest BCUT2D eigenvalue weighted by molar-refractivity contribution is 5.85. The van der Waals surface area contributed by atoms with Gasteiger partial charge in [0.05, 0.1) is 5.69 Å². The van der Waals surface area contributed by atoms with Gasteiger partial charge in [0.1, 0.15) is 6.10 Å². The molecule has 0 aliphatic carbocycles. The maximum absolute atomic E-state index is 10.7. The number of carbonyl (C=O) groups is 1. The van der Waals surface area contributed by atoms with Gasteiger partial charge in [-0.25, -0.2) is 9.78 Å². The summed E-state index contributed by atoms with van der Waals surface area (Å²) >= 11 is 0. The number of rotatable bonds is 4. The lowest BCUT2D eigenvalue weighted by molar-refractivity contribution is 0.0635. The van der Waals surface area contributed by atoms with Crippen LogP contribution in [-0.4, -0.2) is 23.2 Å². The van der Waals surface area contributed by atoms with E-state index in [1.54, 1.807) is 6.92 Å². The van der Waals surface area contributed by atoms with Crippen molar-refractivity contribution >= 4 is 5.97 Å². The van der Waals surface area contributed by atoms with Crippen molar-refractivity contribution in [3.8, 4) is 0 Å². The highest BCUT2D eigenvalue weighted by atomic mass is 16.5. The number of carboxylic acid groups (broad SMARTS) is 1. The monoisotopic (exact) mass is 199 g/mol. The first kappa shape index (κ1) is 10.7. The molecule has 0 spiro atoms. The summed E-state index contributed by atoms with van der Waals surface area (Å²) < 4.78 is 10.1. The summed E-state index contributed by atoms with van der Waals surface area (Å²) in [5.41, 5.74) is 0.455. The number of aryl methyl sites for hydroxylation is 1. The maximum atomic E-state index is 10.7. The van der Waals surface area contributed by atoms with E-state index in [1.807, 2.05) is 6.92 Å². The third kappa shape index (κ3) is 1.93. The van der Waals surface area contributed by atoms with Gasteiger partial charge in [-0.05, 0) is 13.3 Å². The Kier molecular flexibility index (Phi) is 3.24. The van der Waals surface area contributed by atoms with Crippen molar-refractivity contribution in [3.05, 3.63) is 17.3 Å². The van der Waals surface area contributed by atoms with Gasteiger partial charge in [-0.15, -0.1) is 0 Å². The van der Waals surface area contributed by atoms with Crippen molar-refractivity contribution in [1.29, 1.82) is 0 Å². The van der Waals surface area contributed by atoms with Crippen LogP contribution in [0.15, 0.2) is 4.42 Å². The standard InChI is InChI=1S/C9H13NO4/c1-4-6-7(9(11)12)14-8(10-6)5(2)13-3/h5H,4H2,1-3H3,(H,11,12). The molecule has 0 saturated heterocycles. The van der Waals surface area contributed by atoms with Crippen molar-refractivity contribution in [2.45, 2.75) is 26.4 Å². The third-order valence-corrected chi connectivity index (χ3v) is 1.94. The molecule has 14 heavy (non-hydrogen) atoms. The first-order valence-corrected chi connectivity index (χ1v) is 4.35. The molecule has 1 aromatic rings. The quantitative estimate of drug-likeness (QED) is 0.798. The fourth-order valence-corrected chi connectivity index (χ4v) is 1.05. The fourth-order valence-electron chi connectivity index (χ4n) is 1.05. The number of oxazole rings is 1. The number of methoxy groups -OCH3 is 1. The van der Waals surface area contributed by atoms with Crippen LogP contribution in [0.5, 0.6) is 0 Å². The van der Waals surface area contributed by atoms with Gasteiger partial charge in [0, 0.05) is 7.11 Å². The smallest absolute Gasteiger partial charge is 0.373 e. The Bertz CT molecular complexity index is 332. The molecule has 0 aliphatic heterocycles. The van der Waals surface area contributed by atoms with Gasteiger partial charge in [0.15, 0.2) is 0 Å². The molecular weight excluding hydrogens is 186 g/mol. The van der Waals surface area contributed by atoms with Crippen LogP contribution < -0.4 is 0 Å². The Hall–Kier alpha value is -1.36. The Morgan fingerprint density at radius 2 is 2.36 bits per heavy atom. The molecule has 1 heterocycles. The van der Waals surface area contributed by atoms with Gasteiger partial charge in [-0.1, -0.05) is 6.92 Å². The Morgan fingerprint density at radius 3 is 2.71 bits per heavy atom. The topological polar surface area (TPSA) is 72.6 Å². The van der Waals surface area contributed by atoms with Crippen molar-refractivity contribution < 1.29 is 19.1 Å². The van der Waals surface area contributed by atoms with Gasteiger partial charge in [0.2, 0.25) is 11.7 Å². The fraction of sp³-hybridized carbons (Fsp3) is 0.556. The van der Waals surface area contributed by atoms with E-state index < -0.39 is 5.97 Å². The number of carboxylic acids is 1. The molecule has 5 heteroatoms. The molecule has 0 radical (unpaired) electrons. The molecule has 1 rings (SSSR count). The van der Waals surface area contributed by atoms with Crippen LogP contribution in [0.3, 0.4) is 0 Å². The number of aromatic nitrogens is 1.